The van der Waals surface area contributed by atoms with Crippen LogP contribution in [-0.4, -0.2) is 185 Å². The molecule has 4 aromatic rings. The van der Waals surface area contributed by atoms with Gasteiger partial charge in [-0.3, -0.25) is 48.2 Å². The highest BCUT2D eigenvalue weighted by atomic mass is 16.6. The maximum atomic E-state index is 15.3. The third-order valence-electron chi connectivity index (χ3n) is 20.3. The number of amides is 11. The van der Waals surface area contributed by atoms with Crippen molar-refractivity contribution in [3.05, 3.63) is 130 Å². The zero-order valence-corrected chi connectivity index (χ0v) is 62.6. The molecule has 10 atom stereocenters. The zero-order chi connectivity index (χ0) is 75.5. The first-order valence-electron chi connectivity index (χ1n) is 36.7. The number of nitrogens with zero attached hydrogens (tertiary/aromatic N) is 4. The molecule has 4 aromatic carbocycles. The molecule has 11 amide bonds. The van der Waals surface area contributed by atoms with Gasteiger partial charge in [0.15, 0.2) is 0 Å². The average Bonchev–Trinajstić information content (AvgIpc) is 1.60. The Hall–Kier alpha value is -9.55. The first kappa shape index (κ1) is 78.6. The summed E-state index contributed by atoms with van der Waals surface area (Å²) in [5, 5.41) is 20.9. The molecule has 25 nitrogen and oxygen atoms in total. The molecule has 2 fully saturated rings. The van der Waals surface area contributed by atoms with Crippen LogP contribution in [0, 0.1) is 5.41 Å². The third kappa shape index (κ3) is 20.0. The fraction of sp³-hybridized carbons (Fsp3) is 0.557. The van der Waals surface area contributed by atoms with Gasteiger partial charge in [-0.05, 0) is 176 Å². The van der Waals surface area contributed by atoms with Crippen LogP contribution in [-0.2, 0) is 65.4 Å². The van der Waals surface area contributed by atoms with E-state index >= 15 is 4.79 Å². The molecule has 0 radical (unpaired) electrons. The SMILES string of the molecule is C[C@@H](C(=O)N[C@@H](CCCNC(=O)CCCC(=O)N[C@H]1C[C@@H](C(=O)N[C@@H]2CCCc3ccccc32)N(C(=O)[C@@H](NC(=O)[C@H](C)N(C)C(=O)OC(C)(C)C)C(C)(C)C)C1)C(=O)N1C[C@@H](NC(=O)OCC2c3ccccc3-c3ccccc32)C[C@H]1C(=O)N[C@@H]1CCCc2ccccc21)N(C)C(=O)OC(C)(C)C. The summed E-state index contributed by atoms with van der Waals surface area (Å²) in [7, 11) is 2.84. The number of carbonyl (C=O) groups is 11. The summed E-state index contributed by atoms with van der Waals surface area (Å²) in [6, 6.07) is 22.8. The van der Waals surface area contributed by atoms with Crippen molar-refractivity contribution in [2.75, 3.05) is 40.3 Å². The maximum Gasteiger partial charge on any atom is 0.410 e. The van der Waals surface area contributed by atoms with Gasteiger partial charge in [-0.25, -0.2) is 14.4 Å². The second-order valence-corrected chi connectivity index (χ2v) is 31.5. The Morgan fingerprint density at radius 3 is 1.46 bits per heavy atom. The van der Waals surface area contributed by atoms with Gasteiger partial charge in [0.1, 0.15) is 54.1 Å². The van der Waals surface area contributed by atoms with Crippen LogP contribution in [0.2, 0.25) is 0 Å². The fourth-order valence-corrected chi connectivity index (χ4v) is 14.5. The van der Waals surface area contributed by atoms with Crippen LogP contribution in [0.25, 0.3) is 11.1 Å². The highest BCUT2D eigenvalue weighted by molar-refractivity contribution is 5.96. The third-order valence-corrected chi connectivity index (χ3v) is 20.3. The van der Waals surface area contributed by atoms with Gasteiger partial charge in [0.05, 0.1) is 18.1 Å². The number of hydrogen-bond donors (Lipinski definition) is 7. The van der Waals surface area contributed by atoms with E-state index in [0.717, 1.165) is 80.0 Å². The van der Waals surface area contributed by atoms with Gasteiger partial charge < -0.3 is 61.2 Å². The lowest BCUT2D eigenvalue weighted by Crippen LogP contribution is -2.60. The van der Waals surface area contributed by atoms with E-state index in [2.05, 4.69) is 37.2 Å². The topological polar surface area (TPSA) is 313 Å². The molecule has 0 spiro atoms. The Labute approximate surface area is 611 Å². The molecule has 0 bridgehead atoms. The van der Waals surface area contributed by atoms with Gasteiger partial charge in [-0.15, -0.1) is 0 Å². The molecule has 0 aromatic heterocycles. The van der Waals surface area contributed by atoms with Crippen molar-refractivity contribution in [2.45, 2.75) is 237 Å². The van der Waals surface area contributed by atoms with Crippen LogP contribution in [0.4, 0.5) is 14.4 Å². The summed E-state index contributed by atoms with van der Waals surface area (Å²) >= 11 is 0. The van der Waals surface area contributed by atoms with Crippen LogP contribution in [0.3, 0.4) is 0 Å². The minimum absolute atomic E-state index is 0.0206. The molecule has 25 heteroatoms. The van der Waals surface area contributed by atoms with Crippen LogP contribution in [0.1, 0.15) is 198 Å². The lowest BCUT2D eigenvalue weighted by Gasteiger charge is -2.37. The number of nitrogens with one attached hydrogen (secondary N) is 7. The Bertz CT molecular complexity index is 3780. The number of ether oxygens (including phenoxy) is 3. The van der Waals surface area contributed by atoms with E-state index in [1.54, 1.807) is 62.3 Å². The molecule has 9 rings (SSSR count). The van der Waals surface area contributed by atoms with Gasteiger partial charge in [0, 0.05) is 58.5 Å². The molecular formula is C79H107N11O14. The second-order valence-electron chi connectivity index (χ2n) is 31.5. The van der Waals surface area contributed by atoms with E-state index in [0.29, 0.717) is 12.8 Å². The van der Waals surface area contributed by atoms with E-state index in [4.69, 9.17) is 14.2 Å². The monoisotopic (exact) mass is 1430 g/mol. The molecule has 7 N–H and O–H groups in total. The fourth-order valence-electron chi connectivity index (χ4n) is 14.5. The number of aryl methyl sites for hydroxylation is 2. The van der Waals surface area contributed by atoms with E-state index in [1.165, 1.54) is 37.7 Å². The first-order valence-corrected chi connectivity index (χ1v) is 36.7. The molecule has 3 aliphatic carbocycles. The minimum atomic E-state index is -1.30. The van der Waals surface area contributed by atoms with Crippen LogP contribution in [0.15, 0.2) is 97.1 Å². The van der Waals surface area contributed by atoms with Crippen molar-refractivity contribution in [1.29, 1.82) is 0 Å². The highest BCUT2D eigenvalue weighted by Gasteiger charge is 2.48. The number of rotatable bonds is 24. The van der Waals surface area contributed by atoms with Crippen molar-refractivity contribution in [3.8, 4) is 11.1 Å². The van der Waals surface area contributed by atoms with Gasteiger partial charge in [-0.2, -0.15) is 0 Å². The minimum Gasteiger partial charge on any atom is -0.449 e. The zero-order valence-electron chi connectivity index (χ0n) is 62.6. The number of likely N-dealkylation sites (tertiary alicyclic amines) is 2. The van der Waals surface area contributed by atoms with Crippen molar-refractivity contribution in [2.24, 2.45) is 5.41 Å². The smallest absolute Gasteiger partial charge is 0.410 e. The van der Waals surface area contributed by atoms with Crippen molar-refractivity contribution in [3.63, 3.8) is 0 Å². The molecule has 0 saturated carbocycles. The van der Waals surface area contributed by atoms with Crippen molar-refractivity contribution in [1.82, 2.24) is 56.8 Å². The maximum absolute atomic E-state index is 15.3. The van der Waals surface area contributed by atoms with Gasteiger partial charge in [0.25, 0.3) is 0 Å². The average molecular weight is 1430 g/mol. The van der Waals surface area contributed by atoms with Gasteiger partial charge >= 0.3 is 18.3 Å². The predicted molar refractivity (Wildman–Crippen MR) is 391 cm³/mol. The van der Waals surface area contributed by atoms with Gasteiger partial charge in [0.2, 0.25) is 47.3 Å². The Balaban J connectivity index is 0.848. The summed E-state index contributed by atoms with van der Waals surface area (Å²) in [6.45, 7) is 18.5. The number of hydrogen-bond acceptors (Lipinski definition) is 14. The normalized spacial score (nSPS) is 20.2. The Morgan fingerprint density at radius 1 is 0.529 bits per heavy atom. The summed E-state index contributed by atoms with van der Waals surface area (Å²) in [5.41, 5.74) is 5.79. The number of likely N-dealkylation sites (N-methyl/N-ethyl adjacent to an activating group) is 2. The molecule has 0 unspecified atom stereocenters. The summed E-state index contributed by atoms with van der Waals surface area (Å²) in [5.74, 6) is -4.39. The lowest BCUT2D eigenvalue weighted by atomic mass is 9.85. The van der Waals surface area contributed by atoms with Crippen molar-refractivity contribution < 1.29 is 67.0 Å². The predicted octanol–water partition coefficient (Wildman–Crippen LogP) is 8.56. The van der Waals surface area contributed by atoms with E-state index < -0.39 is 130 Å². The molecular weight excluding hydrogens is 1330 g/mol. The van der Waals surface area contributed by atoms with E-state index in [-0.39, 0.29) is 89.2 Å². The molecule has 5 aliphatic rings. The summed E-state index contributed by atoms with van der Waals surface area (Å²) in [6.07, 6.45) is 2.62. The molecule has 104 heavy (non-hydrogen) atoms. The Morgan fingerprint density at radius 2 is 0.971 bits per heavy atom. The van der Waals surface area contributed by atoms with Gasteiger partial charge in [-0.1, -0.05) is 118 Å². The number of carbonyl (C=O) groups excluding carboxylic acids is 11. The van der Waals surface area contributed by atoms with E-state index in [9.17, 15) is 47.9 Å². The number of fused-ring (bicyclic) bond motifs is 5. The van der Waals surface area contributed by atoms with E-state index in [1.807, 2.05) is 97.1 Å². The number of alkyl carbamates (subject to hydrolysis) is 1. The summed E-state index contributed by atoms with van der Waals surface area (Å²) < 4.78 is 17.0. The largest absolute Gasteiger partial charge is 0.449 e. The van der Waals surface area contributed by atoms with Crippen LogP contribution >= 0.6 is 0 Å². The first-order chi connectivity index (χ1) is 49.2. The van der Waals surface area contributed by atoms with Crippen LogP contribution < -0.4 is 37.2 Å². The lowest BCUT2D eigenvalue weighted by molar-refractivity contribution is -0.144. The molecule has 2 aliphatic heterocycles. The Kier molecular flexibility index (Phi) is 25.6. The molecule has 2 heterocycles. The standard InChI is InChI=1S/C79H107N11O14/c1-47(87(12)75(100)103-78(6,7)8)68(93)85-62(72(97)89-45-52(43-63(89)70(95)83-60-36-22-28-49-26-14-16-30-53(49)60)82-74(99)102-46-59-57-34-20-18-32-55(57)56-33-19-21-35-58(56)59)38-25-41-80-65(91)39-24-40-66(92)81-51-42-64(71(96)84-61-37-23-29-50-27-15-17-31-54(50)61)90(44-51)73(98)67(77(3,4)5)86-69(94)48(2)88(13)76(101)104-79(9,10)11/h14-21,26-27,30-35,47-48,51-52,59-64,67H,22-25,28-29,36-46H2,1-13H3,(H,80,91)(H,81,92)(H,82,99)(H,83,95)(H,84,96)(H,85,93)(H,86,94)/t47-,48-,51-,52-,60+,61+,62-,63-,64-,67+/m0/s1. The highest BCUT2D eigenvalue weighted by Crippen LogP contribution is 2.45. The molecule has 562 valence electrons. The van der Waals surface area contributed by atoms with Crippen LogP contribution in [0.5, 0.6) is 0 Å². The number of benzene rings is 4. The van der Waals surface area contributed by atoms with Crippen molar-refractivity contribution >= 4 is 65.5 Å². The molecule has 2 saturated heterocycles. The second kappa shape index (κ2) is 33.9. The summed E-state index contributed by atoms with van der Waals surface area (Å²) in [4.78, 5) is 161. The quantitative estimate of drug-likeness (QED) is 0.0255.